The molecule has 25 heavy (non-hydrogen) atoms. The van der Waals surface area contributed by atoms with Crippen LogP contribution in [-0.2, 0) is 14.6 Å². The van der Waals surface area contributed by atoms with Gasteiger partial charge in [-0.1, -0.05) is 12.8 Å². The van der Waals surface area contributed by atoms with E-state index in [0.29, 0.717) is 30.4 Å². The first kappa shape index (κ1) is 17.8. The maximum Gasteiger partial charge on any atom is 0.231 e. The molecule has 0 spiro atoms. The summed E-state index contributed by atoms with van der Waals surface area (Å²) in [6.45, 7) is 0.816. The Hall–Kier alpha value is -1.96. The number of rotatable bonds is 8. The van der Waals surface area contributed by atoms with Crippen LogP contribution in [0.2, 0.25) is 0 Å². The molecule has 0 bridgehead atoms. The molecule has 1 heterocycles. The molecule has 1 aliphatic heterocycles. The summed E-state index contributed by atoms with van der Waals surface area (Å²) in [5, 5.41) is 2.43. The predicted octanol–water partition coefficient (Wildman–Crippen LogP) is 1.66. The van der Waals surface area contributed by atoms with Crippen molar-refractivity contribution in [3.63, 3.8) is 0 Å². The molecule has 1 saturated carbocycles. The zero-order valence-electron chi connectivity index (χ0n) is 14.0. The van der Waals surface area contributed by atoms with Gasteiger partial charge in [0.2, 0.25) is 12.7 Å². The summed E-state index contributed by atoms with van der Waals surface area (Å²) in [7, 11) is -3.15. The normalized spacial score (nSPS) is 16.8. The first-order valence-electron chi connectivity index (χ1n) is 8.55. The number of benzene rings is 1. The average Bonchev–Trinajstić information content (AvgIpc) is 3.28. The molecule has 2 aliphatic rings. The van der Waals surface area contributed by atoms with Gasteiger partial charge < -0.3 is 19.5 Å². The van der Waals surface area contributed by atoms with Crippen LogP contribution in [0, 0.1) is 0 Å². The second kappa shape index (κ2) is 7.95. The molecule has 1 aromatic carbocycles. The van der Waals surface area contributed by atoms with Crippen molar-refractivity contribution in [2.24, 2.45) is 0 Å². The van der Waals surface area contributed by atoms with Crippen molar-refractivity contribution in [1.29, 1.82) is 0 Å². The Morgan fingerprint density at radius 1 is 1.20 bits per heavy atom. The maximum atomic E-state index is 12.1. The van der Waals surface area contributed by atoms with Crippen LogP contribution < -0.4 is 19.5 Å². The monoisotopic (exact) mass is 369 g/mol. The molecule has 0 aromatic heterocycles. The Balaban J connectivity index is 1.34. The molecule has 1 aliphatic carbocycles. The minimum absolute atomic E-state index is 0.00283. The van der Waals surface area contributed by atoms with Crippen LogP contribution >= 0.6 is 0 Å². The number of ether oxygens (including phenoxy) is 3. The summed E-state index contributed by atoms with van der Waals surface area (Å²) in [4.78, 5) is 11.8. The summed E-state index contributed by atoms with van der Waals surface area (Å²) in [5.74, 6) is 1.60. The fourth-order valence-corrected chi connectivity index (χ4v) is 4.92. The Morgan fingerprint density at radius 2 is 1.96 bits per heavy atom. The Bertz CT molecular complexity index is 712. The number of hydrogen-bond donors (Lipinski definition) is 1. The van der Waals surface area contributed by atoms with Gasteiger partial charge >= 0.3 is 0 Å². The number of sulfone groups is 1. The highest BCUT2D eigenvalue weighted by Crippen LogP contribution is 2.35. The molecule has 8 heteroatoms. The lowest BCUT2D eigenvalue weighted by Gasteiger charge is -2.11. The van der Waals surface area contributed by atoms with Crippen LogP contribution in [0.4, 0.5) is 0 Å². The summed E-state index contributed by atoms with van der Waals surface area (Å²) >= 11 is 0. The Morgan fingerprint density at radius 3 is 2.76 bits per heavy atom. The fourth-order valence-electron chi connectivity index (χ4n) is 3.06. The summed E-state index contributed by atoms with van der Waals surface area (Å²) in [6, 6.07) is 5.27. The standard InChI is InChI=1S/C17H23NO6S/c19-17(7-10-25(20,21)14-3-1-2-4-14)18-8-9-22-13-5-6-15-16(11-13)24-12-23-15/h5-6,11,14H,1-4,7-10,12H2,(H,18,19). The highest BCUT2D eigenvalue weighted by atomic mass is 32.2. The van der Waals surface area contributed by atoms with Crippen molar-refractivity contribution in [3.8, 4) is 17.2 Å². The SMILES string of the molecule is O=C(CCS(=O)(=O)C1CCCC1)NCCOc1ccc2c(c1)OCO2. The van der Waals surface area contributed by atoms with E-state index in [1.54, 1.807) is 18.2 Å². The lowest BCUT2D eigenvalue weighted by molar-refractivity contribution is -0.120. The molecule has 1 N–H and O–H groups in total. The van der Waals surface area contributed by atoms with Gasteiger partial charge in [-0.15, -0.1) is 0 Å². The number of nitrogens with one attached hydrogen (secondary N) is 1. The first-order chi connectivity index (χ1) is 12.0. The minimum atomic E-state index is -3.15. The summed E-state index contributed by atoms with van der Waals surface area (Å²) in [5.41, 5.74) is 0. The summed E-state index contributed by atoms with van der Waals surface area (Å²) in [6.07, 6.45) is 3.39. The quantitative estimate of drug-likeness (QED) is 0.701. The van der Waals surface area contributed by atoms with Crippen molar-refractivity contribution < 1.29 is 27.4 Å². The predicted molar refractivity (Wildman–Crippen MR) is 91.7 cm³/mol. The largest absolute Gasteiger partial charge is 0.492 e. The van der Waals surface area contributed by atoms with E-state index in [4.69, 9.17) is 14.2 Å². The van der Waals surface area contributed by atoms with Crippen LogP contribution in [0.1, 0.15) is 32.1 Å². The van der Waals surface area contributed by atoms with Gasteiger partial charge in [-0.05, 0) is 25.0 Å². The molecule has 3 rings (SSSR count). The number of carbonyl (C=O) groups is 1. The van der Waals surface area contributed by atoms with E-state index >= 15 is 0 Å². The Kier molecular flexibility index (Phi) is 5.67. The van der Waals surface area contributed by atoms with E-state index in [0.717, 1.165) is 25.7 Å². The van der Waals surface area contributed by atoms with Gasteiger partial charge in [0.25, 0.3) is 0 Å². The van der Waals surface area contributed by atoms with Gasteiger partial charge in [-0.2, -0.15) is 0 Å². The van der Waals surface area contributed by atoms with Crippen molar-refractivity contribution >= 4 is 15.7 Å². The zero-order valence-corrected chi connectivity index (χ0v) is 14.8. The van der Waals surface area contributed by atoms with E-state index in [1.807, 2.05) is 0 Å². The molecule has 0 radical (unpaired) electrons. The molecule has 1 fully saturated rings. The molecule has 138 valence electrons. The number of carbonyl (C=O) groups excluding carboxylic acids is 1. The van der Waals surface area contributed by atoms with Crippen LogP contribution in [0.5, 0.6) is 17.2 Å². The molecule has 0 saturated heterocycles. The Labute approximate surface area is 147 Å². The van der Waals surface area contributed by atoms with Gasteiger partial charge in [0.1, 0.15) is 12.4 Å². The third-order valence-corrected chi connectivity index (χ3v) is 6.72. The minimum Gasteiger partial charge on any atom is -0.492 e. The van der Waals surface area contributed by atoms with Crippen LogP contribution in [0.3, 0.4) is 0 Å². The highest BCUT2D eigenvalue weighted by Gasteiger charge is 2.28. The van der Waals surface area contributed by atoms with Gasteiger partial charge in [-0.25, -0.2) is 8.42 Å². The van der Waals surface area contributed by atoms with E-state index in [-0.39, 0.29) is 30.1 Å². The van der Waals surface area contributed by atoms with Gasteiger partial charge in [0.15, 0.2) is 21.3 Å². The van der Waals surface area contributed by atoms with Crippen LogP contribution in [-0.4, -0.2) is 45.3 Å². The molecular formula is C17H23NO6S. The lowest BCUT2D eigenvalue weighted by atomic mass is 10.3. The third-order valence-electron chi connectivity index (χ3n) is 4.46. The molecule has 1 amide bonds. The topological polar surface area (TPSA) is 90.9 Å². The molecular weight excluding hydrogens is 346 g/mol. The van der Waals surface area contributed by atoms with E-state index in [9.17, 15) is 13.2 Å². The molecule has 7 nitrogen and oxygen atoms in total. The fraction of sp³-hybridized carbons (Fsp3) is 0.588. The second-order valence-electron chi connectivity index (χ2n) is 6.24. The highest BCUT2D eigenvalue weighted by molar-refractivity contribution is 7.92. The first-order valence-corrected chi connectivity index (χ1v) is 10.3. The number of hydrogen-bond acceptors (Lipinski definition) is 6. The van der Waals surface area contributed by atoms with E-state index < -0.39 is 9.84 Å². The van der Waals surface area contributed by atoms with Crippen LogP contribution in [0.25, 0.3) is 0 Å². The van der Waals surface area contributed by atoms with E-state index in [2.05, 4.69) is 5.32 Å². The van der Waals surface area contributed by atoms with Gasteiger partial charge in [0.05, 0.1) is 17.5 Å². The smallest absolute Gasteiger partial charge is 0.231 e. The van der Waals surface area contributed by atoms with Crippen molar-refractivity contribution in [2.75, 3.05) is 25.7 Å². The van der Waals surface area contributed by atoms with Crippen molar-refractivity contribution in [1.82, 2.24) is 5.32 Å². The number of amides is 1. The molecule has 0 unspecified atom stereocenters. The lowest BCUT2D eigenvalue weighted by Crippen LogP contribution is -2.31. The second-order valence-corrected chi connectivity index (χ2v) is 8.64. The van der Waals surface area contributed by atoms with Gasteiger partial charge in [-0.3, -0.25) is 4.79 Å². The summed E-state index contributed by atoms with van der Waals surface area (Å²) < 4.78 is 40.3. The maximum absolute atomic E-state index is 12.1. The van der Waals surface area contributed by atoms with E-state index in [1.165, 1.54) is 0 Å². The van der Waals surface area contributed by atoms with Crippen LogP contribution in [0.15, 0.2) is 18.2 Å². The average molecular weight is 369 g/mol. The van der Waals surface area contributed by atoms with Gasteiger partial charge in [0, 0.05) is 12.5 Å². The zero-order chi connectivity index (χ0) is 17.7. The third kappa shape index (κ3) is 4.78. The van der Waals surface area contributed by atoms with Crippen molar-refractivity contribution in [2.45, 2.75) is 37.4 Å². The van der Waals surface area contributed by atoms with Crippen molar-refractivity contribution in [3.05, 3.63) is 18.2 Å². The number of fused-ring (bicyclic) bond motifs is 1. The molecule has 0 atom stereocenters. The molecule has 1 aromatic rings.